The Labute approximate surface area is 259 Å². The van der Waals surface area contributed by atoms with Crippen molar-refractivity contribution in [2.45, 2.75) is 90.6 Å². The number of carbonyl (C=O) groups excluding carboxylic acids is 4. The maximum absolute atomic E-state index is 14.1. The normalized spacial score (nSPS) is 13.7. The quantitative estimate of drug-likeness (QED) is 0.251. The Bertz CT molecular complexity index is 1240. The van der Waals surface area contributed by atoms with Crippen molar-refractivity contribution < 1.29 is 38.9 Å². The Balaban J connectivity index is 2.53. The van der Waals surface area contributed by atoms with Crippen LogP contribution in [0.25, 0.3) is 0 Å². The van der Waals surface area contributed by atoms with E-state index in [-0.39, 0.29) is 13.0 Å². The number of nitrogens with one attached hydrogen (secondary N) is 2. The van der Waals surface area contributed by atoms with Crippen LogP contribution in [-0.2, 0) is 36.7 Å². The smallest absolute Gasteiger partial charge is 0.408 e. The van der Waals surface area contributed by atoms with E-state index in [9.17, 15) is 29.4 Å². The Morgan fingerprint density at radius 2 is 1.39 bits per heavy atom. The molecular weight excluding hydrogens is 566 g/mol. The molecule has 242 valence electrons. The minimum Gasteiger partial charge on any atom is -0.458 e. The number of alkyl carbamates (subject to hydrolysis) is 1. The van der Waals surface area contributed by atoms with Gasteiger partial charge in [0.25, 0.3) is 0 Å². The molecular formula is C33H47N3O8. The first-order valence-corrected chi connectivity index (χ1v) is 14.8. The van der Waals surface area contributed by atoms with Gasteiger partial charge in [-0.05, 0) is 64.7 Å². The molecule has 2 aromatic rings. The first-order chi connectivity index (χ1) is 20.6. The second-order valence-electron chi connectivity index (χ2n) is 12.4. The van der Waals surface area contributed by atoms with Gasteiger partial charge in [-0.25, -0.2) is 9.59 Å². The van der Waals surface area contributed by atoms with Gasteiger partial charge in [0.15, 0.2) is 0 Å². The largest absolute Gasteiger partial charge is 0.458 e. The summed E-state index contributed by atoms with van der Waals surface area (Å²) in [5, 5.41) is 25.1. The van der Waals surface area contributed by atoms with E-state index in [1.807, 2.05) is 49.4 Å². The minimum atomic E-state index is -1.48. The van der Waals surface area contributed by atoms with E-state index >= 15 is 0 Å². The molecule has 2 rings (SSSR count). The molecule has 2 aromatic carbocycles. The third-order valence-electron chi connectivity index (χ3n) is 6.35. The molecule has 0 saturated heterocycles. The van der Waals surface area contributed by atoms with Gasteiger partial charge >= 0.3 is 12.1 Å². The van der Waals surface area contributed by atoms with Crippen molar-refractivity contribution in [3.8, 4) is 0 Å². The van der Waals surface area contributed by atoms with Gasteiger partial charge in [-0.2, -0.15) is 0 Å². The van der Waals surface area contributed by atoms with E-state index in [0.29, 0.717) is 5.56 Å². The number of rotatable bonds is 13. The van der Waals surface area contributed by atoms with Crippen molar-refractivity contribution in [3.63, 3.8) is 0 Å². The van der Waals surface area contributed by atoms with Crippen LogP contribution in [0.5, 0.6) is 0 Å². The Morgan fingerprint density at radius 3 is 1.89 bits per heavy atom. The zero-order valence-electron chi connectivity index (χ0n) is 26.8. The van der Waals surface area contributed by atoms with Crippen molar-refractivity contribution in [3.05, 3.63) is 71.3 Å². The number of hydrogen-bond acceptors (Lipinski definition) is 8. The fourth-order valence-corrected chi connectivity index (χ4v) is 4.38. The van der Waals surface area contributed by atoms with E-state index in [0.717, 1.165) is 22.4 Å². The van der Waals surface area contributed by atoms with Crippen LogP contribution in [0.4, 0.5) is 4.79 Å². The SMILES string of the molecule is CCc1ccc(C(C(=O)NC(Cc2ccccc2)C(=O)OC(C)(C)C)N(CCO)C(=O)C(CO)NC(=O)OC(C)(C)C)cc1. The molecule has 0 bridgehead atoms. The number of aliphatic hydroxyl groups is 2. The standard InChI is InChI=1S/C33H47N3O8/c1-8-22-14-16-24(17-15-22)27(36(18-19-37)29(40)26(21-38)35-31(42)44-33(5,6)7)28(39)34-25(30(41)43-32(2,3)4)20-23-12-10-9-11-13-23/h9-17,25-27,37-38H,8,18-21H2,1-7H3,(H,34,39)(H,35,42). The molecule has 0 aliphatic heterocycles. The van der Waals surface area contributed by atoms with Gasteiger partial charge < -0.3 is 35.2 Å². The highest BCUT2D eigenvalue weighted by atomic mass is 16.6. The Kier molecular flexibility index (Phi) is 13.3. The lowest BCUT2D eigenvalue weighted by Crippen LogP contribution is -2.56. The van der Waals surface area contributed by atoms with Crippen molar-refractivity contribution in [2.75, 3.05) is 19.8 Å². The summed E-state index contributed by atoms with van der Waals surface area (Å²) >= 11 is 0. The zero-order valence-corrected chi connectivity index (χ0v) is 26.8. The summed E-state index contributed by atoms with van der Waals surface area (Å²) < 4.78 is 10.9. The van der Waals surface area contributed by atoms with Gasteiger partial charge in [0.2, 0.25) is 11.8 Å². The monoisotopic (exact) mass is 613 g/mol. The molecule has 0 saturated carbocycles. The molecule has 0 radical (unpaired) electrons. The minimum absolute atomic E-state index is 0.121. The fourth-order valence-electron chi connectivity index (χ4n) is 4.38. The Morgan fingerprint density at radius 1 is 0.795 bits per heavy atom. The molecule has 11 heteroatoms. The molecule has 0 fully saturated rings. The number of amides is 3. The number of esters is 1. The number of ether oxygens (including phenoxy) is 2. The van der Waals surface area contributed by atoms with Crippen LogP contribution in [0.1, 0.15) is 71.2 Å². The van der Waals surface area contributed by atoms with Crippen molar-refractivity contribution >= 4 is 23.9 Å². The highest BCUT2D eigenvalue weighted by Gasteiger charge is 2.38. The molecule has 44 heavy (non-hydrogen) atoms. The lowest BCUT2D eigenvalue weighted by atomic mass is 9.99. The van der Waals surface area contributed by atoms with Gasteiger partial charge in [-0.3, -0.25) is 9.59 Å². The summed E-state index contributed by atoms with van der Waals surface area (Å²) in [6.07, 6.45) is -0.0770. The van der Waals surface area contributed by atoms with Gasteiger partial charge in [-0.15, -0.1) is 0 Å². The second kappa shape index (κ2) is 16.2. The topological polar surface area (TPSA) is 154 Å². The number of benzene rings is 2. The van der Waals surface area contributed by atoms with Crippen LogP contribution in [0, 0.1) is 0 Å². The summed E-state index contributed by atoms with van der Waals surface area (Å²) in [5.74, 6) is -2.20. The summed E-state index contributed by atoms with van der Waals surface area (Å²) in [4.78, 5) is 54.8. The number of nitrogens with zero attached hydrogens (tertiary/aromatic N) is 1. The molecule has 11 nitrogen and oxygen atoms in total. The molecule has 0 aromatic heterocycles. The van der Waals surface area contributed by atoms with E-state index in [1.54, 1.807) is 53.7 Å². The molecule has 0 aliphatic carbocycles. The number of hydrogen-bond donors (Lipinski definition) is 4. The predicted octanol–water partition coefficient (Wildman–Crippen LogP) is 3.07. The first-order valence-electron chi connectivity index (χ1n) is 14.8. The highest BCUT2D eigenvalue weighted by Crippen LogP contribution is 2.24. The second-order valence-corrected chi connectivity index (χ2v) is 12.4. The summed E-state index contributed by atoms with van der Waals surface area (Å²) in [6.45, 7) is 10.5. The van der Waals surface area contributed by atoms with E-state index < -0.39 is 66.4 Å². The van der Waals surface area contributed by atoms with Crippen LogP contribution < -0.4 is 10.6 Å². The van der Waals surface area contributed by atoms with Gasteiger partial charge in [0.05, 0.1) is 13.2 Å². The lowest BCUT2D eigenvalue weighted by molar-refractivity contribution is -0.159. The third-order valence-corrected chi connectivity index (χ3v) is 6.35. The first kappa shape index (κ1) is 36.2. The predicted molar refractivity (Wildman–Crippen MR) is 166 cm³/mol. The summed E-state index contributed by atoms with van der Waals surface area (Å²) in [5.41, 5.74) is 0.475. The maximum atomic E-state index is 14.1. The highest BCUT2D eigenvalue weighted by molar-refractivity contribution is 5.94. The molecule has 0 aliphatic rings. The number of carbonyl (C=O) groups is 4. The van der Waals surface area contributed by atoms with Crippen molar-refractivity contribution in [1.29, 1.82) is 0 Å². The van der Waals surface area contributed by atoms with Crippen molar-refractivity contribution in [1.82, 2.24) is 15.5 Å². The zero-order chi connectivity index (χ0) is 33.1. The van der Waals surface area contributed by atoms with E-state index in [2.05, 4.69) is 10.6 Å². The molecule has 3 atom stereocenters. The summed E-state index contributed by atoms with van der Waals surface area (Å²) in [7, 11) is 0. The number of aryl methyl sites for hydroxylation is 1. The maximum Gasteiger partial charge on any atom is 0.408 e. The summed E-state index contributed by atoms with van der Waals surface area (Å²) in [6, 6.07) is 12.2. The molecule has 4 N–H and O–H groups in total. The van der Waals surface area contributed by atoms with Crippen LogP contribution in [0.2, 0.25) is 0 Å². The molecule has 0 heterocycles. The van der Waals surface area contributed by atoms with E-state index in [4.69, 9.17) is 9.47 Å². The van der Waals surface area contributed by atoms with E-state index in [1.165, 1.54) is 0 Å². The van der Waals surface area contributed by atoms with Crippen LogP contribution in [0.3, 0.4) is 0 Å². The van der Waals surface area contributed by atoms with Crippen LogP contribution in [-0.4, -0.2) is 82.0 Å². The lowest BCUT2D eigenvalue weighted by Gasteiger charge is -2.34. The molecule has 0 spiro atoms. The van der Waals surface area contributed by atoms with Gasteiger partial charge in [0, 0.05) is 13.0 Å². The molecule has 3 unspecified atom stereocenters. The average Bonchev–Trinajstić information content (AvgIpc) is 2.94. The van der Waals surface area contributed by atoms with Crippen LogP contribution in [0.15, 0.2) is 54.6 Å². The molecule has 3 amide bonds. The average molecular weight is 614 g/mol. The Hall–Kier alpha value is -3.96. The third kappa shape index (κ3) is 11.6. The van der Waals surface area contributed by atoms with Gasteiger partial charge in [0.1, 0.15) is 29.3 Å². The fraction of sp³-hybridized carbons (Fsp3) is 0.515. The van der Waals surface area contributed by atoms with Crippen molar-refractivity contribution in [2.24, 2.45) is 0 Å². The number of aliphatic hydroxyl groups excluding tert-OH is 2. The van der Waals surface area contributed by atoms with Gasteiger partial charge in [-0.1, -0.05) is 61.5 Å². The van der Waals surface area contributed by atoms with Crippen LogP contribution >= 0.6 is 0 Å².